The molecule has 5 heteroatoms. The number of fused-ring (bicyclic) bond motifs is 1. The number of aromatic nitrogens is 1. The van der Waals surface area contributed by atoms with E-state index in [1.165, 1.54) is 0 Å². The molecule has 23 heavy (non-hydrogen) atoms. The van der Waals surface area contributed by atoms with Gasteiger partial charge in [0.25, 0.3) is 0 Å². The number of nitrogens with one attached hydrogen (secondary N) is 2. The Hall–Kier alpha value is -2.14. The molecule has 1 aliphatic rings. The zero-order chi connectivity index (χ0) is 16.4. The standard InChI is InChI=1S/C18H21N3OS/c1-12-8-9-16(19-11-12)21-17(23)20-14-10-18(2,3)22-15-7-5-4-6-13(14)15/h4-9,11,14H,10H2,1-3H3,(H2,19,20,21,23)/t14-/m0/s1. The fourth-order valence-corrected chi connectivity index (χ4v) is 3.03. The van der Waals surface area contributed by atoms with Crippen molar-refractivity contribution in [3.63, 3.8) is 0 Å². The first-order valence-electron chi connectivity index (χ1n) is 7.71. The van der Waals surface area contributed by atoms with Crippen LogP contribution in [0.4, 0.5) is 5.82 Å². The number of hydrogen-bond donors (Lipinski definition) is 2. The lowest BCUT2D eigenvalue weighted by molar-refractivity contribution is 0.0697. The largest absolute Gasteiger partial charge is 0.487 e. The Morgan fingerprint density at radius 2 is 2.04 bits per heavy atom. The number of aryl methyl sites for hydroxylation is 1. The Labute approximate surface area is 142 Å². The number of para-hydroxylation sites is 1. The molecular weight excluding hydrogens is 306 g/mol. The van der Waals surface area contributed by atoms with Crippen LogP contribution in [-0.4, -0.2) is 15.7 Å². The van der Waals surface area contributed by atoms with Gasteiger partial charge >= 0.3 is 0 Å². The summed E-state index contributed by atoms with van der Waals surface area (Å²) < 4.78 is 6.05. The summed E-state index contributed by atoms with van der Waals surface area (Å²) in [5.74, 6) is 1.66. The van der Waals surface area contributed by atoms with Crippen molar-refractivity contribution in [2.75, 3.05) is 5.32 Å². The highest BCUT2D eigenvalue weighted by atomic mass is 32.1. The Bertz CT molecular complexity index is 712. The van der Waals surface area contributed by atoms with Crippen molar-refractivity contribution >= 4 is 23.1 Å². The number of nitrogens with zero attached hydrogens (tertiary/aromatic N) is 1. The van der Waals surface area contributed by atoms with E-state index in [9.17, 15) is 0 Å². The molecule has 0 unspecified atom stereocenters. The third-order valence-electron chi connectivity index (χ3n) is 3.83. The van der Waals surface area contributed by atoms with Gasteiger partial charge in [-0.2, -0.15) is 0 Å². The van der Waals surface area contributed by atoms with Crippen LogP contribution in [0.2, 0.25) is 0 Å². The fourth-order valence-electron chi connectivity index (χ4n) is 2.78. The van der Waals surface area contributed by atoms with E-state index in [1.54, 1.807) is 0 Å². The van der Waals surface area contributed by atoms with Gasteiger partial charge in [-0.15, -0.1) is 0 Å². The SMILES string of the molecule is Cc1ccc(NC(=S)N[C@H]2CC(C)(C)Oc3ccccc32)nc1. The monoisotopic (exact) mass is 327 g/mol. The Balaban J connectivity index is 1.74. The van der Waals surface area contributed by atoms with E-state index >= 15 is 0 Å². The Morgan fingerprint density at radius 3 is 2.78 bits per heavy atom. The van der Waals surface area contributed by atoms with Gasteiger partial charge in [0.2, 0.25) is 0 Å². The maximum Gasteiger partial charge on any atom is 0.172 e. The van der Waals surface area contributed by atoms with Gasteiger partial charge in [0.1, 0.15) is 17.2 Å². The molecule has 0 amide bonds. The molecule has 2 heterocycles. The molecule has 1 aliphatic heterocycles. The molecule has 0 spiro atoms. The highest BCUT2D eigenvalue weighted by Gasteiger charge is 2.33. The number of pyridine rings is 1. The third kappa shape index (κ3) is 3.79. The van der Waals surface area contributed by atoms with Crippen LogP contribution in [0.5, 0.6) is 5.75 Å². The molecule has 0 saturated heterocycles. The van der Waals surface area contributed by atoms with Crippen molar-refractivity contribution in [3.05, 3.63) is 53.7 Å². The van der Waals surface area contributed by atoms with Crippen LogP contribution in [0, 0.1) is 6.92 Å². The molecule has 1 aromatic heterocycles. The van der Waals surface area contributed by atoms with Crippen molar-refractivity contribution in [1.82, 2.24) is 10.3 Å². The van der Waals surface area contributed by atoms with Crippen molar-refractivity contribution in [1.29, 1.82) is 0 Å². The maximum absolute atomic E-state index is 6.05. The average molecular weight is 327 g/mol. The van der Waals surface area contributed by atoms with Crippen LogP contribution < -0.4 is 15.4 Å². The van der Waals surface area contributed by atoms with Gasteiger partial charge in [-0.25, -0.2) is 4.98 Å². The van der Waals surface area contributed by atoms with E-state index in [-0.39, 0.29) is 11.6 Å². The zero-order valence-electron chi connectivity index (χ0n) is 13.6. The van der Waals surface area contributed by atoms with Crippen LogP contribution in [-0.2, 0) is 0 Å². The quantitative estimate of drug-likeness (QED) is 0.817. The molecule has 0 radical (unpaired) electrons. The van der Waals surface area contributed by atoms with Crippen LogP contribution in [0.3, 0.4) is 0 Å². The number of benzene rings is 1. The van der Waals surface area contributed by atoms with Gasteiger partial charge in [0.15, 0.2) is 5.11 Å². The maximum atomic E-state index is 6.05. The predicted molar refractivity (Wildman–Crippen MR) is 96.8 cm³/mol. The van der Waals surface area contributed by atoms with Crippen LogP contribution in [0.1, 0.15) is 37.4 Å². The molecule has 0 aliphatic carbocycles. The molecule has 2 aromatic rings. The normalized spacial score (nSPS) is 18.5. The molecule has 120 valence electrons. The molecule has 1 aromatic carbocycles. The van der Waals surface area contributed by atoms with Gasteiger partial charge in [-0.1, -0.05) is 24.3 Å². The molecule has 1 atom stereocenters. The summed E-state index contributed by atoms with van der Waals surface area (Å²) in [6, 6.07) is 12.1. The topological polar surface area (TPSA) is 46.2 Å². The number of hydrogen-bond acceptors (Lipinski definition) is 3. The average Bonchev–Trinajstić information content (AvgIpc) is 2.48. The smallest absolute Gasteiger partial charge is 0.172 e. The second-order valence-corrected chi connectivity index (χ2v) is 6.88. The summed E-state index contributed by atoms with van der Waals surface area (Å²) in [6.45, 7) is 6.19. The zero-order valence-corrected chi connectivity index (χ0v) is 14.4. The molecular formula is C18H21N3OS. The minimum Gasteiger partial charge on any atom is -0.487 e. The molecule has 0 fully saturated rings. The number of rotatable bonds is 2. The Kier molecular flexibility index (Phi) is 4.22. The van der Waals surface area contributed by atoms with Gasteiger partial charge in [0, 0.05) is 18.2 Å². The van der Waals surface area contributed by atoms with Gasteiger partial charge in [0.05, 0.1) is 6.04 Å². The number of anilines is 1. The van der Waals surface area contributed by atoms with Crippen molar-refractivity contribution < 1.29 is 4.74 Å². The van der Waals surface area contributed by atoms with E-state index < -0.39 is 0 Å². The van der Waals surface area contributed by atoms with Crippen molar-refractivity contribution in [2.45, 2.75) is 38.8 Å². The fraction of sp³-hybridized carbons (Fsp3) is 0.333. The molecule has 2 N–H and O–H groups in total. The minimum absolute atomic E-state index is 0.111. The highest BCUT2D eigenvalue weighted by molar-refractivity contribution is 7.80. The second kappa shape index (κ2) is 6.16. The minimum atomic E-state index is -0.232. The van der Waals surface area contributed by atoms with E-state index in [2.05, 4.69) is 35.5 Å². The molecule has 0 bridgehead atoms. The highest BCUT2D eigenvalue weighted by Crippen LogP contribution is 2.39. The first kappa shape index (κ1) is 15.7. The van der Waals surface area contributed by atoms with Crippen LogP contribution in [0.15, 0.2) is 42.6 Å². The summed E-state index contributed by atoms with van der Waals surface area (Å²) in [5, 5.41) is 7.11. The third-order valence-corrected chi connectivity index (χ3v) is 4.05. The van der Waals surface area contributed by atoms with E-state index in [0.717, 1.165) is 29.1 Å². The number of ether oxygens (including phenoxy) is 1. The lowest BCUT2D eigenvalue weighted by Crippen LogP contribution is -2.42. The van der Waals surface area contributed by atoms with E-state index in [1.807, 2.05) is 43.5 Å². The van der Waals surface area contributed by atoms with E-state index in [4.69, 9.17) is 17.0 Å². The van der Waals surface area contributed by atoms with Crippen molar-refractivity contribution in [3.8, 4) is 5.75 Å². The summed E-state index contributed by atoms with van der Waals surface area (Å²) in [5.41, 5.74) is 2.02. The van der Waals surface area contributed by atoms with Crippen LogP contribution >= 0.6 is 12.2 Å². The molecule has 0 saturated carbocycles. The predicted octanol–water partition coefficient (Wildman–Crippen LogP) is 3.98. The van der Waals surface area contributed by atoms with Gasteiger partial charge in [-0.3, -0.25) is 0 Å². The second-order valence-electron chi connectivity index (χ2n) is 6.48. The van der Waals surface area contributed by atoms with Crippen LogP contribution in [0.25, 0.3) is 0 Å². The first-order chi connectivity index (χ1) is 10.9. The molecule has 4 nitrogen and oxygen atoms in total. The molecule has 3 rings (SSSR count). The summed E-state index contributed by atoms with van der Waals surface area (Å²) >= 11 is 5.45. The van der Waals surface area contributed by atoms with Gasteiger partial charge < -0.3 is 15.4 Å². The summed E-state index contributed by atoms with van der Waals surface area (Å²) in [6.07, 6.45) is 2.66. The number of thiocarbonyl (C=S) groups is 1. The summed E-state index contributed by atoms with van der Waals surface area (Å²) in [4.78, 5) is 4.32. The summed E-state index contributed by atoms with van der Waals surface area (Å²) in [7, 11) is 0. The van der Waals surface area contributed by atoms with E-state index in [0.29, 0.717) is 5.11 Å². The van der Waals surface area contributed by atoms with Gasteiger partial charge in [-0.05, 0) is 50.7 Å². The van der Waals surface area contributed by atoms with Crippen molar-refractivity contribution in [2.24, 2.45) is 0 Å². The lowest BCUT2D eigenvalue weighted by atomic mass is 9.90. The lowest BCUT2D eigenvalue weighted by Gasteiger charge is -2.38. The Morgan fingerprint density at radius 1 is 1.26 bits per heavy atom. The first-order valence-corrected chi connectivity index (χ1v) is 8.12.